The van der Waals surface area contributed by atoms with E-state index in [1.807, 2.05) is 0 Å². The van der Waals surface area contributed by atoms with Crippen molar-refractivity contribution in [3.63, 3.8) is 0 Å². The van der Waals surface area contributed by atoms with Gasteiger partial charge in [0.25, 0.3) is 0 Å². The van der Waals surface area contributed by atoms with Crippen LogP contribution in [0.15, 0.2) is 47.6 Å². The van der Waals surface area contributed by atoms with Crippen LogP contribution in [0.4, 0.5) is 17.6 Å². The van der Waals surface area contributed by atoms with Gasteiger partial charge >= 0.3 is 6.36 Å². The Morgan fingerprint density at radius 2 is 1.85 bits per heavy atom. The van der Waals surface area contributed by atoms with Crippen LogP contribution < -0.4 is 9.47 Å². The highest BCUT2D eigenvalue weighted by Crippen LogP contribution is 2.29. The summed E-state index contributed by atoms with van der Waals surface area (Å²) in [5.74, 6) is 0.108. The Labute approximate surface area is 155 Å². The number of rotatable bonds is 6. The van der Waals surface area contributed by atoms with E-state index in [1.165, 1.54) is 53.9 Å². The lowest BCUT2D eigenvalue weighted by Crippen LogP contribution is -2.17. The summed E-state index contributed by atoms with van der Waals surface area (Å²) in [5.41, 5.74) is 1.06. The van der Waals surface area contributed by atoms with Gasteiger partial charge in [0.15, 0.2) is 0 Å². The van der Waals surface area contributed by atoms with Gasteiger partial charge in [0.2, 0.25) is 5.16 Å². The molecule has 0 unspecified atom stereocenters. The molecule has 0 spiro atoms. The summed E-state index contributed by atoms with van der Waals surface area (Å²) in [4.78, 5) is 0. The molecule has 0 fully saturated rings. The monoisotopic (exact) mass is 400 g/mol. The molecule has 0 saturated heterocycles. The van der Waals surface area contributed by atoms with E-state index in [0.29, 0.717) is 27.9 Å². The van der Waals surface area contributed by atoms with Crippen molar-refractivity contribution in [2.24, 2.45) is 0 Å². The Morgan fingerprint density at radius 3 is 2.52 bits per heavy atom. The molecule has 0 radical (unpaired) electrons. The van der Waals surface area contributed by atoms with E-state index in [-0.39, 0.29) is 5.75 Å². The molecule has 11 heteroatoms. The second-order valence-corrected chi connectivity index (χ2v) is 6.10. The Morgan fingerprint density at radius 1 is 1.11 bits per heavy atom. The fourth-order valence-electron chi connectivity index (χ4n) is 2.22. The Hall–Kier alpha value is -2.82. The van der Waals surface area contributed by atoms with E-state index in [4.69, 9.17) is 4.74 Å². The highest BCUT2D eigenvalue weighted by atomic mass is 32.2. The first-order valence-corrected chi connectivity index (χ1v) is 8.44. The summed E-state index contributed by atoms with van der Waals surface area (Å²) >= 11 is 1.22. The van der Waals surface area contributed by atoms with E-state index in [1.54, 1.807) is 0 Å². The van der Waals surface area contributed by atoms with Crippen molar-refractivity contribution >= 4 is 11.8 Å². The zero-order valence-corrected chi connectivity index (χ0v) is 14.6. The molecule has 3 aromatic rings. The summed E-state index contributed by atoms with van der Waals surface area (Å²) in [7, 11) is 1.48. The molecular formula is C16H12F4N4O2S. The zero-order valence-electron chi connectivity index (χ0n) is 13.8. The average Bonchev–Trinajstić information content (AvgIpc) is 3.08. The van der Waals surface area contributed by atoms with E-state index in [2.05, 4.69) is 20.3 Å². The van der Waals surface area contributed by atoms with Gasteiger partial charge in [0, 0.05) is 11.3 Å². The molecule has 1 aromatic heterocycles. The van der Waals surface area contributed by atoms with Gasteiger partial charge in [-0.1, -0.05) is 11.8 Å². The van der Waals surface area contributed by atoms with Crippen LogP contribution in [-0.4, -0.2) is 33.7 Å². The number of nitrogens with zero attached hydrogens (tertiary/aromatic N) is 4. The molecule has 0 bridgehead atoms. The standard InChI is InChI=1S/C16H12F4N4O2S/c1-25-14-7-2-11(17)8-10(14)9-27-15-21-22-23-24(15)12-3-5-13(6-4-12)26-16(18,19)20/h2-8H,9H2,1H3. The summed E-state index contributed by atoms with van der Waals surface area (Å²) in [5, 5.41) is 11.7. The van der Waals surface area contributed by atoms with Crippen molar-refractivity contribution < 1.29 is 27.0 Å². The fraction of sp³-hybridized carbons (Fsp3) is 0.188. The van der Waals surface area contributed by atoms with Crippen molar-refractivity contribution in [3.8, 4) is 17.2 Å². The summed E-state index contributed by atoms with van der Waals surface area (Å²) < 4.78 is 60.5. The lowest BCUT2D eigenvalue weighted by molar-refractivity contribution is -0.274. The van der Waals surface area contributed by atoms with Crippen LogP contribution in [0.2, 0.25) is 0 Å². The van der Waals surface area contributed by atoms with Crippen LogP contribution in [0.5, 0.6) is 11.5 Å². The third-order valence-electron chi connectivity index (χ3n) is 3.35. The van der Waals surface area contributed by atoms with Gasteiger partial charge in [-0.2, -0.15) is 4.68 Å². The molecule has 0 aliphatic rings. The second-order valence-electron chi connectivity index (χ2n) is 5.16. The Kier molecular flexibility index (Phi) is 5.49. The normalized spacial score (nSPS) is 11.4. The van der Waals surface area contributed by atoms with Crippen LogP contribution in [-0.2, 0) is 5.75 Å². The number of thioether (sulfide) groups is 1. The molecular weight excluding hydrogens is 388 g/mol. The van der Waals surface area contributed by atoms with Crippen molar-refractivity contribution in [2.75, 3.05) is 7.11 Å². The van der Waals surface area contributed by atoms with Crippen molar-refractivity contribution in [3.05, 3.63) is 53.8 Å². The van der Waals surface area contributed by atoms with Gasteiger partial charge in [-0.15, -0.1) is 18.3 Å². The highest BCUT2D eigenvalue weighted by molar-refractivity contribution is 7.98. The number of halogens is 4. The third-order valence-corrected chi connectivity index (χ3v) is 4.32. The maximum absolute atomic E-state index is 13.4. The van der Waals surface area contributed by atoms with Gasteiger partial charge in [-0.3, -0.25) is 0 Å². The molecule has 0 saturated carbocycles. The first kappa shape index (κ1) is 19.0. The minimum Gasteiger partial charge on any atom is -0.496 e. The lowest BCUT2D eigenvalue weighted by atomic mass is 10.2. The van der Waals surface area contributed by atoms with Gasteiger partial charge in [-0.05, 0) is 52.9 Å². The van der Waals surface area contributed by atoms with Gasteiger partial charge in [-0.25, -0.2) is 4.39 Å². The zero-order chi connectivity index (χ0) is 19.4. The molecule has 0 aliphatic carbocycles. The smallest absolute Gasteiger partial charge is 0.496 e. The quantitative estimate of drug-likeness (QED) is 0.460. The Bertz CT molecular complexity index is 916. The summed E-state index contributed by atoms with van der Waals surface area (Å²) in [6.45, 7) is 0. The average molecular weight is 400 g/mol. The first-order valence-electron chi connectivity index (χ1n) is 7.45. The van der Waals surface area contributed by atoms with Gasteiger partial charge < -0.3 is 9.47 Å². The number of tetrazole rings is 1. The number of benzene rings is 2. The fourth-order valence-corrected chi connectivity index (χ4v) is 3.09. The summed E-state index contributed by atoms with van der Waals surface area (Å²) in [6, 6.07) is 9.27. The largest absolute Gasteiger partial charge is 0.573 e. The first-order chi connectivity index (χ1) is 12.9. The molecule has 3 rings (SSSR count). The van der Waals surface area contributed by atoms with Crippen LogP contribution in [0.1, 0.15) is 5.56 Å². The van der Waals surface area contributed by atoms with Crippen molar-refractivity contribution in [1.29, 1.82) is 0 Å². The summed E-state index contributed by atoms with van der Waals surface area (Å²) in [6.07, 6.45) is -4.76. The van der Waals surface area contributed by atoms with Crippen molar-refractivity contribution in [1.82, 2.24) is 20.2 Å². The number of hydrogen-bond acceptors (Lipinski definition) is 6. The number of hydrogen-bond donors (Lipinski definition) is 0. The predicted octanol–water partition coefficient (Wildman–Crippen LogP) is 4.00. The van der Waals surface area contributed by atoms with E-state index >= 15 is 0 Å². The maximum Gasteiger partial charge on any atom is 0.573 e. The minimum absolute atomic E-state index is 0.330. The predicted molar refractivity (Wildman–Crippen MR) is 88.4 cm³/mol. The minimum atomic E-state index is -4.76. The maximum atomic E-state index is 13.4. The van der Waals surface area contributed by atoms with Crippen molar-refractivity contribution in [2.45, 2.75) is 17.3 Å². The number of aromatic nitrogens is 4. The molecule has 1 heterocycles. The molecule has 0 atom stereocenters. The van der Waals surface area contributed by atoms with E-state index < -0.39 is 12.2 Å². The van der Waals surface area contributed by atoms with Gasteiger partial charge in [0.05, 0.1) is 12.8 Å². The van der Waals surface area contributed by atoms with E-state index in [9.17, 15) is 17.6 Å². The molecule has 0 aliphatic heterocycles. The molecule has 6 nitrogen and oxygen atoms in total. The van der Waals surface area contributed by atoms with Crippen LogP contribution in [0.3, 0.4) is 0 Å². The van der Waals surface area contributed by atoms with Crippen LogP contribution in [0, 0.1) is 5.82 Å². The number of alkyl halides is 3. The number of methoxy groups -OCH3 is 1. The highest BCUT2D eigenvalue weighted by Gasteiger charge is 2.31. The third kappa shape index (κ3) is 4.88. The molecule has 27 heavy (non-hydrogen) atoms. The Balaban J connectivity index is 1.76. The molecule has 0 amide bonds. The molecule has 2 aromatic carbocycles. The lowest BCUT2D eigenvalue weighted by Gasteiger charge is -2.10. The SMILES string of the molecule is COc1ccc(F)cc1CSc1nnnn1-c1ccc(OC(F)(F)F)cc1. The topological polar surface area (TPSA) is 62.1 Å². The van der Waals surface area contributed by atoms with Crippen LogP contribution >= 0.6 is 11.8 Å². The molecule has 142 valence electrons. The van der Waals surface area contributed by atoms with E-state index in [0.717, 1.165) is 12.1 Å². The second kappa shape index (κ2) is 7.82. The van der Waals surface area contributed by atoms with Gasteiger partial charge in [0.1, 0.15) is 17.3 Å². The molecule has 0 N–H and O–H groups in total. The van der Waals surface area contributed by atoms with Crippen LogP contribution in [0.25, 0.3) is 5.69 Å². The number of ether oxygens (including phenoxy) is 2.